The molecule has 0 aliphatic carbocycles. The topological polar surface area (TPSA) is 59.6 Å². The van der Waals surface area contributed by atoms with E-state index in [1.807, 2.05) is 30.3 Å². The third kappa shape index (κ3) is 8.37. The first-order valence-corrected chi connectivity index (χ1v) is 6.81. The fourth-order valence-electron chi connectivity index (χ4n) is 1.46. The molecule has 20 heavy (non-hydrogen) atoms. The minimum absolute atomic E-state index is 0.0507. The van der Waals surface area contributed by atoms with Crippen LogP contribution in [-0.4, -0.2) is 37.9 Å². The SMILES string of the molecule is CC(C)(C)NCCNC(=O)OCCOc1ccccc1. The minimum Gasteiger partial charge on any atom is -0.490 e. The van der Waals surface area contributed by atoms with Crippen LogP contribution in [-0.2, 0) is 4.74 Å². The maximum atomic E-state index is 11.4. The van der Waals surface area contributed by atoms with Crippen molar-refractivity contribution >= 4 is 6.09 Å². The third-order valence-corrected chi connectivity index (χ3v) is 2.38. The van der Waals surface area contributed by atoms with E-state index in [1.165, 1.54) is 0 Å². The highest BCUT2D eigenvalue weighted by Crippen LogP contribution is 2.07. The zero-order valence-corrected chi connectivity index (χ0v) is 12.4. The number of benzene rings is 1. The number of para-hydroxylation sites is 1. The van der Waals surface area contributed by atoms with Crippen molar-refractivity contribution in [2.45, 2.75) is 26.3 Å². The summed E-state index contributed by atoms with van der Waals surface area (Å²) in [6.07, 6.45) is -0.419. The summed E-state index contributed by atoms with van der Waals surface area (Å²) in [6.45, 7) is 8.05. The Balaban J connectivity index is 2.00. The molecule has 0 radical (unpaired) electrons. The van der Waals surface area contributed by atoms with E-state index in [9.17, 15) is 4.79 Å². The summed E-state index contributed by atoms with van der Waals surface area (Å²) in [4.78, 5) is 11.4. The number of hydrogen-bond donors (Lipinski definition) is 2. The third-order valence-electron chi connectivity index (χ3n) is 2.38. The van der Waals surface area contributed by atoms with Crippen LogP contribution >= 0.6 is 0 Å². The van der Waals surface area contributed by atoms with E-state index in [0.29, 0.717) is 19.7 Å². The number of alkyl carbamates (subject to hydrolysis) is 1. The van der Waals surface area contributed by atoms with Crippen molar-refractivity contribution in [3.05, 3.63) is 30.3 Å². The molecule has 0 unspecified atom stereocenters. The predicted molar refractivity (Wildman–Crippen MR) is 79.0 cm³/mol. The summed E-state index contributed by atoms with van der Waals surface area (Å²) < 4.78 is 10.4. The number of carbonyl (C=O) groups excluding carboxylic acids is 1. The van der Waals surface area contributed by atoms with Gasteiger partial charge in [-0.25, -0.2) is 4.79 Å². The molecule has 0 fully saturated rings. The monoisotopic (exact) mass is 280 g/mol. The van der Waals surface area contributed by atoms with Gasteiger partial charge in [0.05, 0.1) is 0 Å². The fourth-order valence-corrected chi connectivity index (χ4v) is 1.46. The largest absolute Gasteiger partial charge is 0.490 e. The molecule has 1 aromatic carbocycles. The molecule has 0 bridgehead atoms. The summed E-state index contributed by atoms with van der Waals surface area (Å²) in [5.41, 5.74) is 0.0507. The highest BCUT2D eigenvalue weighted by Gasteiger charge is 2.08. The van der Waals surface area contributed by atoms with Crippen molar-refractivity contribution in [1.29, 1.82) is 0 Å². The average Bonchev–Trinajstić information content (AvgIpc) is 2.40. The van der Waals surface area contributed by atoms with Crippen LogP contribution < -0.4 is 15.4 Å². The van der Waals surface area contributed by atoms with Gasteiger partial charge in [0.25, 0.3) is 0 Å². The van der Waals surface area contributed by atoms with Crippen LogP contribution in [0.2, 0.25) is 0 Å². The lowest BCUT2D eigenvalue weighted by atomic mass is 10.1. The van der Waals surface area contributed by atoms with E-state index >= 15 is 0 Å². The van der Waals surface area contributed by atoms with Gasteiger partial charge in [-0.15, -0.1) is 0 Å². The van der Waals surface area contributed by atoms with E-state index in [0.717, 1.165) is 5.75 Å². The first-order valence-electron chi connectivity index (χ1n) is 6.81. The molecule has 5 nitrogen and oxygen atoms in total. The molecule has 1 rings (SSSR count). The number of ether oxygens (including phenoxy) is 2. The molecule has 0 spiro atoms. The maximum absolute atomic E-state index is 11.4. The minimum atomic E-state index is -0.419. The van der Waals surface area contributed by atoms with E-state index in [4.69, 9.17) is 9.47 Å². The van der Waals surface area contributed by atoms with E-state index in [2.05, 4.69) is 31.4 Å². The van der Waals surface area contributed by atoms with E-state index in [1.54, 1.807) is 0 Å². The molecular formula is C15H24N2O3. The van der Waals surface area contributed by atoms with Gasteiger partial charge in [-0.2, -0.15) is 0 Å². The fraction of sp³-hybridized carbons (Fsp3) is 0.533. The molecule has 0 aliphatic rings. The lowest BCUT2D eigenvalue weighted by molar-refractivity contribution is 0.125. The maximum Gasteiger partial charge on any atom is 0.407 e. The standard InChI is InChI=1S/C15H24N2O3/c1-15(2,3)17-10-9-16-14(18)20-12-11-19-13-7-5-4-6-8-13/h4-8,17H,9-12H2,1-3H3,(H,16,18). The van der Waals surface area contributed by atoms with Crippen LogP contribution in [0.25, 0.3) is 0 Å². The van der Waals surface area contributed by atoms with Crippen molar-refractivity contribution in [2.75, 3.05) is 26.3 Å². The molecule has 5 heteroatoms. The Labute approximate surface area is 120 Å². The Morgan fingerprint density at radius 1 is 1.10 bits per heavy atom. The second-order valence-corrected chi connectivity index (χ2v) is 5.40. The molecule has 0 atom stereocenters. The summed E-state index contributed by atoms with van der Waals surface area (Å²) in [7, 11) is 0. The molecule has 0 heterocycles. The van der Waals surface area contributed by atoms with Gasteiger partial charge in [0.2, 0.25) is 0 Å². The van der Waals surface area contributed by atoms with Crippen molar-refractivity contribution in [3.8, 4) is 5.75 Å². The second-order valence-electron chi connectivity index (χ2n) is 5.40. The second kappa shape index (κ2) is 8.43. The molecule has 1 amide bonds. The van der Waals surface area contributed by atoms with Crippen molar-refractivity contribution < 1.29 is 14.3 Å². The average molecular weight is 280 g/mol. The van der Waals surface area contributed by atoms with Crippen molar-refractivity contribution in [3.63, 3.8) is 0 Å². The predicted octanol–water partition coefficient (Wildman–Crippen LogP) is 2.18. The summed E-state index contributed by atoms with van der Waals surface area (Å²) in [6, 6.07) is 9.43. The van der Waals surface area contributed by atoms with E-state index < -0.39 is 6.09 Å². The molecule has 1 aromatic rings. The first-order chi connectivity index (χ1) is 9.47. The van der Waals surface area contributed by atoms with Gasteiger partial charge in [-0.05, 0) is 32.9 Å². The molecule has 0 saturated carbocycles. The van der Waals surface area contributed by atoms with Crippen molar-refractivity contribution in [2.24, 2.45) is 0 Å². The van der Waals surface area contributed by atoms with Crippen LogP contribution in [0.15, 0.2) is 30.3 Å². The van der Waals surface area contributed by atoms with E-state index in [-0.39, 0.29) is 12.1 Å². The van der Waals surface area contributed by atoms with Gasteiger partial charge in [0, 0.05) is 18.6 Å². The van der Waals surface area contributed by atoms with Crippen LogP contribution in [0.3, 0.4) is 0 Å². The zero-order valence-electron chi connectivity index (χ0n) is 12.4. The Bertz CT molecular complexity index is 388. The Morgan fingerprint density at radius 3 is 2.45 bits per heavy atom. The molecular weight excluding hydrogens is 256 g/mol. The summed E-state index contributed by atoms with van der Waals surface area (Å²) >= 11 is 0. The van der Waals surface area contributed by atoms with Crippen LogP contribution in [0, 0.1) is 0 Å². The first kappa shape index (κ1) is 16.3. The van der Waals surface area contributed by atoms with Crippen LogP contribution in [0.1, 0.15) is 20.8 Å². The van der Waals surface area contributed by atoms with Gasteiger partial charge in [0.1, 0.15) is 19.0 Å². The Morgan fingerprint density at radius 2 is 1.80 bits per heavy atom. The summed E-state index contributed by atoms with van der Waals surface area (Å²) in [5.74, 6) is 0.769. The van der Waals surface area contributed by atoms with Gasteiger partial charge in [-0.3, -0.25) is 0 Å². The lowest BCUT2D eigenvalue weighted by Gasteiger charge is -2.20. The van der Waals surface area contributed by atoms with Crippen LogP contribution in [0.5, 0.6) is 5.75 Å². The lowest BCUT2D eigenvalue weighted by Crippen LogP contribution is -2.41. The van der Waals surface area contributed by atoms with Gasteiger partial charge in [0.15, 0.2) is 0 Å². The van der Waals surface area contributed by atoms with Crippen molar-refractivity contribution in [1.82, 2.24) is 10.6 Å². The highest BCUT2D eigenvalue weighted by atomic mass is 16.6. The number of carbonyl (C=O) groups is 1. The Kier molecular flexibility index (Phi) is 6.87. The highest BCUT2D eigenvalue weighted by molar-refractivity contribution is 5.67. The number of rotatable bonds is 7. The van der Waals surface area contributed by atoms with Gasteiger partial charge < -0.3 is 20.1 Å². The van der Waals surface area contributed by atoms with Gasteiger partial charge in [-0.1, -0.05) is 18.2 Å². The molecule has 0 saturated heterocycles. The molecule has 112 valence electrons. The zero-order chi connectivity index (χ0) is 14.8. The molecule has 0 aromatic heterocycles. The Hall–Kier alpha value is -1.75. The number of amides is 1. The normalized spacial score (nSPS) is 10.9. The molecule has 0 aliphatic heterocycles. The van der Waals surface area contributed by atoms with Gasteiger partial charge >= 0.3 is 6.09 Å². The smallest absolute Gasteiger partial charge is 0.407 e. The number of hydrogen-bond acceptors (Lipinski definition) is 4. The molecule has 2 N–H and O–H groups in total. The summed E-state index contributed by atoms with van der Waals surface area (Å²) in [5, 5.41) is 5.95. The quantitative estimate of drug-likeness (QED) is 0.752. The number of nitrogens with one attached hydrogen (secondary N) is 2. The van der Waals surface area contributed by atoms with Crippen LogP contribution in [0.4, 0.5) is 4.79 Å².